The number of hydrogen-bond acceptors (Lipinski definition) is 5. The number of benzene rings is 1. The number of hydrogen-bond donors (Lipinski definition) is 1. The van der Waals surface area contributed by atoms with E-state index in [4.69, 9.17) is 4.42 Å². The van der Waals surface area contributed by atoms with E-state index in [0.29, 0.717) is 29.6 Å². The molecule has 0 unspecified atom stereocenters. The number of carbonyl (C=O) groups excluding carboxylic acids is 2. The van der Waals surface area contributed by atoms with Crippen LogP contribution in [-0.4, -0.2) is 24.0 Å². The highest BCUT2D eigenvalue weighted by Crippen LogP contribution is 2.47. The van der Waals surface area contributed by atoms with Crippen molar-refractivity contribution in [1.29, 1.82) is 0 Å². The second-order valence-corrected chi connectivity index (χ2v) is 4.56. The van der Waals surface area contributed by atoms with Gasteiger partial charge in [-0.05, 0) is 25.0 Å². The van der Waals surface area contributed by atoms with E-state index < -0.39 is 11.4 Å². The molecule has 1 fully saturated rings. The highest BCUT2D eigenvalue weighted by molar-refractivity contribution is 6.11. The third-order valence-corrected chi connectivity index (χ3v) is 3.35. The molecular formula is C13H12N2O4. The molecule has 98 valence electrons. The molecule has 0 aliphatic heterocycles. The molecule has 0 atom stereocenters. The number of oxazole rings is 1. The number of ether oxygens (including phenoxy) is 1. The van der Waals surface area contributed by atoms with Gasteiger partial charge in [0.05, 0.1) is 7.11 Å². The van der Waals surface area contributed by atoms with Gasteiger partial charge in [0.1, 0.15) is 10.9 Å². The van der Waals surface area contributed by atoms with Crippen LogP contribution in [0.1, 0.15) is 12.8 Å². The van der Waals surface area contributed by atoms with Crippen LogP contribution in [0.5, 0.6) is 0 Å². The van der Waals surface area contributed by atoms with E-state index in [-0.39, 0.29) is 5.91 Å². The molecule has 6 heteroatoms. The third kappa shape index (κ3) is 1.85. The lowest BCUT2D eigenvalue weighted by Crippen LogP contribution is -2.32. The first kappa shape index (κ1) is 11.7. The minimum absolute atomic E-state index is 0.335. The van der Waals surface area contributed by atoms with Gasteiger partial charge in [0, 0.05) is 11.8 Å². The number of rotatable bonds is 3. The molecule has 1 amide bonds. The minimum atomic E-state index is -1.01. The fourth-order valence-electron chi connectivity index (χ4n) is 2.03. The number of nitrogens with one attached hydrogen (secondary N) is 1. The second kappa shape index (κ2) is 4.08. The number of carbonyl (C=O) groups is 2. The number of nitrogens with zero attached hydrogens (tertiary/aromatic N) is 1. The van der Waals surface area contributed by atoms with Crippen LogP contribution < -0.4 is 5.32 Å². The topological polar surface area (TPSA) is 81.4 Å². The maximum absolute atomic E-state index is 12.1. The van der Waals surface area contributed by atoms with Crippen molar-refractivity contribution in [3.8, 4) is 0 Å². The molecule has 2 aromatic rings. The van der Waals surface area contributed by atoms with E-state index in [9.17, 15) is 9.59 Å². The van der Waals surface area contributed by atoms with Gasteiger partial charge in [-0.3, -0.25) is 9.59 Å². The van der Waals surface area contributed by atoms with Crippen molar-refractivity contribution in [2.75, 3.05) is 12.4 Å². The van der Waals surface area contributed by atoms with Crippen molar-refractivity contribution >= 4 is 28.7 Å². The summed E-state index contributed by atoms with van der Waals surface area (Å²) in [5, 5.41) is 2.71. The number of amides is 1. The number of esters is 1. The zero-order valence-electron chi connectivity index (χ0n) is 10.3. The van der Waals surface area contributed by atoms with Crippen molar-refractivity contribution in [3.05, 3.63) is 24.6 Å². The van der Waals surface area contributed by atoms with Gasteiger partial charge in [-0.1, -0.05) is 0 Å². The van der Waals surface area contributed by atoms with Gasteiger partial charge in [0.2, 0.25) is 5.91 Å². The standard InChI is InChI=1S/C13H12N2O4/c1-18-12(17)13(4-5-13)11(16)15-8-2-3-9-10(6-8)19-7-14-9/h2-3,6-7H,4-5H2,1H3,(H,15,16). The van der Waals surface area contributed by atoms with Crippen molar-refractivity contribution in [1.82, 2.24) is 4.98 Å². The first-order valence-electron chi connectivity index (χ1n) is 5.89. The van der Waals surface area contributed by atoms with E-state index in [1.165, 1.54) is 13.5 Å². The zero-order valence-corrected chi connectivity index (χ0v) is 10.3. The van der Waals surface area contributed by atoms with Crippen LogP contribution in [-0.2, 0) is 14.3 Å². The molecule has 1 aliphatic carbocycles. The Kier molecular flexibility index (Phi) is 2.51. The number of methoxy groups -OCH3 is 1. The molecule has 1 aromatic heterocycles. The molecule has 19 heavy (non-hydrogen) atoms. The lowest BCUT2D eigenvalue weighted by atomic mass is 10.1. The Morgan fingerprint density at radius 2 is 2.21 bits per heavy atom. The SMILES string of the molecule is COC(=O)C1(C(=O)Nc2ccc3ncoc3c2)CC1. The molecule has 0 bridgehead atoms. The van der Waals surface area contributed by atoms with Crippen molar-refractivity contribution in [2.45, 2.75) is 12.8 Å². The molecule has 3 rings (SSSR count). The molecule has 1 heterocycles. The largest absolute Gasteiger partial charge is 0.468 e. The summed E-state index contributed by atoms with van der Waals surface area (Å²) in [6.45, 7) is 0. The Bertz CT molecular complexity index is 657. The van der Waals surface area contributed by atoms with Crippen LogP contribution in [0.2, 0.25) is 0 Å². The van der Waals surface area contributed by atoms with Crippen LogP contribution in [0.3, 0.4) is 0 Å². The van der Waals surface area contributed by atoms with E-state index in [1.54, 1.807) is 18.2 Å². The number of anilines is 1. The normalized spacial score (nSPS) is 16.1. The predicted molar refractivity (Wildman–Crippen MR) is 66.3 cm³/mol. The molecule has 6 nitrogen and oxygen atoms in total. The molecule has 1 aliphatic rings. The van der Waals surface area contributed by atoms with E-state index in [0.717, 1.165) is 0 Å². The van der Waals surface area contributed by atoms with E-state index in [2.05, 4.69) is 15.0 Å². The second-order valence-electron chi connectivity index (χ2n) is 4.56. The summed E-state index contributed by atoms with van der Waals surface area (Å²) in [6, 6.07) is 5.13. The van der Waals surface area contributed by atoms with Crippen LogP contribution >= 0.6 is 0 Å². The zero-order chi connectivity index (χ0) is 13.5. The average molecular weight is 260 g/mol. The van der Waals surface area contributed by atoms with Crippen LogP contribution in [0, 0.1) is 5.41 Å². The van der Waals surface area contributed by atoms with Crippen molar-refractivity contribution < 1.29 is 18.7 Å². The maximum Gasteiger partial charge on any atom is 0.321 e. The van der Waals surface area contributed by atoms with Crippen LogP contribution in [0.25, 0.3) is 11.1 Å². The Hall–Kier alpha value is -2.37. The summed E-state index contributed by atoms with van der Waals surface area (Å²) in [6.07, 6.45) is 2.39. The first-order valence-corrected chi connectivity index (χ1v) is 5.89. The van der Waals surface area contributed by atoms with Gasteiger partial charge < -0.3 is 14.5 Å². The maximum atomic E-state index is 12.1. The summed E-state index contributed by atoms with van der Waals surface area (Å²) < 4.78 is 9.82. The van der Waals surface area contributed by atoms with Crippen LogP contribution in [0.4, 0.5) is 5.69 Å². The lowest BCUT2D eigenvalue weighted by molar-refractivity contribution is -0.150. The Labute approximate surface area is 108 Å². The Morgan fingerprint density at radius 3 is 2.89 bits per heavy atom. The van der Waals surface area contributed by atoms with E-state index in [1.807, 2.05) is 0 Å². The molecule has 1 aromatic carbocycles. The van der Waals surface area contributed by atoms with Gasteiger partial charge >= 0.3 is 5.97 Å². The summed E-state index contributed by atoms with van der Waals surface area (Å²) in [4.78, 5) is 27.7. The van der Waals surface area contributed by atoms with Crippen LogP contribution in [0.15, 0.2) is 29.0 Å². The smallest absolute Gasteiger partial charge is 0.321 e. The molecule has 1 saturated carbocycles. The summed E-state index contributed by atoms with van der Waals surface area (Å²) >= 11 is 0. The highest BCUT2D eigenvalue weighted by atomic mass is 16.5. The van der Waals surface area contributed by atoms with Crippen molar-refractivity contribution in [2.24, 2.45) is 5.41 Å². The Morgan fingerprint density at radius 1 is 1.42 bits per heavy atom. The average Bonchev–Trinajstić information content (AvgIpc) is 3.11. The lowest BCUT2D eigenvalue weighted by Gasteiger charge is -2.12. The monoisotopic (exact) mass is 260 g/mol. The number of fused-ring (bicyclic) bond motifs is 1. The molecule has 0 saturated heterocycles. The first-order chi connectivity index (χ1) is 9.15. The van der Waals surface area contributed by atoms with Gasteiger partial charge in [0.15, 0.2) is 12.0 Å². The van der Waals surface area contributed by atoms with Gasteiger partial charge in [-0.25, -0.2) is 4.98 Å². The van der Waals surface area contributed by atoms with Crippen molar-refractivity contribution in [3.63, 3.8) is 0 Å². The third-order valence-electron chi connectivity index (χ3n) is 3.35. The fourth-order valence-corrected chi connectivity index (χ4v) is 2.03. The van der Waals surface area contributed by atoms with E-state index >= 15 is 0 Å². The predicted octanol–water partition coefficient (Wildman–Crippen LogP) is 1.72. The summed E-state index contributed by atoms with van der Waals surface area (Å²) in [5.74, 6) is -0.816. The molecular weight excluding hydrogens is 248 g/mol. The molecule has 1 N–H and O–H groups in total. The minimum Gasteiger partial charge on any atom is -0.468 e. The quantitative estimate of drug-likeness (QED) is 0.671. The summed E-state index contributed by atoms with van der Waals surface area (Å²) in [7, 11) is 1.29. The highest BCUT2D eigenvalue weighted by Gasteiger charge is 2.57. The summed E-state index contributed by atoms with van der Waals surface area (Å²) in [5.41, 5.74) is 0.864. The number of aromatic nitrogens is 1. The van der Waals surface area contributed by atoms with Gasteiger partial charge in [0.25, 0.3) is 0 Å². The fraction of sp³-hybridized carbons (Fsp3) is 0.308. The van der Waals surface area contributed by atoms with Gasteiger partial charge in [-0.15, -0.1) is 0 Å². The Balaban J connectivity index is 1.81. The molecule has 0 radical (unpaired) electrons. The molecule has 0 spiro atoms. The van der Waals surface area contributed by atoms with Gasteiger partial charge in [-0.2, -0.15) is 0 Å².